The highest BCUT2D eigenvalue weighted by atomic mass is 15.3. The number of aromatic nitrogens is 2. The van der Waals surface area contributed by atoms with E-state index in [2.05, 4.69) is 37.1 Å². The van der Waals surface area contributed by atoms with Gasteiger partial charge in [0.2, 0.25) is 0 Å². The Bertz CT molecular complexity index is 427. The molecule has 68 valence electrons. The van der Waals surface area contributed by atoms with Gasteiger partial charge in [-0.15, -0.1) is 0 Å². The molecule has 13 heavy (non-hydrogen) atoms. The van der Waals surface area contributed by atoms with E-state index < -0.39 is 0 Å². The number of hydrogen-bond donors (Lipinski definition) is 0. The number of rotatable bonds is 1. The molecule has 0 amide bonds. The van der Waals surface area contributed by atoms with Crippen molar-refractivity contribution in [3.63, 3.8) is 0 Å². The fourth-order valence-corrected chi connectivity index (χ4v) is 1.85. The summed E-state index contributed by atoms with van der Waals surface area (Å²) in [6, 6.07) is 8.29. The van der Waals surface area contributed by atoms with Gasteiger partial charge in [0.1, 0.15) is 0 Å². The first kappa shape index (κ1) is 8.30. The van der Waals surface area contributed by atoms with Crippen LogP contribution in [0.1, 0.15) is 25.5 Å². The van der Waals surface area contributed by atoms with E-state index in [4.69, 9.17) is 0 Å². The average molecular weight is 174 g/mol. The van der Waals surface area contributed by atoms with Crippen LogP contribution in [0.15, 0.2) is 24.3 Å². The second-order valence-electron chi connectivity index (χ2n) is 3.68. The fraction of sp³-hybridized carbons (Fsp3) is 0.364. The summed E-state index contributed by atoms with van der Waals surface area (Å²) in [4.78, 5) is 0. The van der Waals surface area contributed by atoms with Gasteiger partial charge in [-0.05, 0) is 12.0 Å². The SMILES string of the molecule is CC(C)c1c2ccccc2nn1C. The molecule has 0 unspecified atom stereocenters. The van der Waals surface area contributed by atoms with E-state index in [1.807, 2.05) is 17.8 Å². The minimum absolute atomic E-state index is 0.525. The van der Waals surface area contributed by atoms with E-state index >= 15 is 0 Å². The molecule has 0 saturated carbocycles. The number of aryl methyl sites for hydroxylation is 1. The summed E-state index contributed by atoms with van der Waals surface area (Å²) in [6.07, 6.45) is 0. The van der Waals surface area contributed by atoms with Crippen LogP contribution in [0.4, 0.5) is 0 Å². The number of fused-ring (bicyclic) bond motifs is 1. The van der Waals surface area contributed by atoms with Crippen LogP contribution in [0.5, 0.6) is 0 Å². The van der Waals surface area contributed by atoms with Gasteiger partial charge in [0.25, 0.3) is 0 Å². The summed E-state index contributed by atoms with van der Waals surface area (Å²) in [7, 11) is 2.01. The highest BCUT2D eigenvalue weighted by Crippen LogP contribution is 2.23. The van der Waals surface area contributed by atoms with Gasteiger partial charge >= 0.3 is 0 Å². The highest BCUT2D eigenvalue weighted by Gasteiger charge is 2.10. The molecule has 0 saturated heterocycles. The fourth-order valence-electron chi connectivity index (χ4n) is 1.85. The first-order valence-corrected chi connectivity index (χ1v) is 4.62. The Balaban J connectivity index is 2.78. The third kappa shape index (κ3) is 1.22. The Kier molecular flexibility index (Phi) is 1.83. The van der Waals surface area contributed by atoms with Crippen LogP contribution in [-0.2, 0) is 7.05 Å². The third-order valence-electron chi connectivity index (χ3n) is 2.33. The van der Waals surface area contributed by atoms with E-state index in [9.17, 15) is 0 Å². The van der Waals surface area contributed by atoms with E-state index in [1.54, 1.807) is 0 Å². The molecule has 0 fully saturated rings. The first-order chi connectivity index (χ1) is 6.20. The molecule has 0 radical (unpaired) electrons. The van der Waals surface area contributed by atoms with Crippen molar-refractivity contribution in [1.29, 1.82) is 0 Å². The normalized spacial score (nSPS) is 11.4. The molecule has 0 N–H and O–H groups in total. The van der Waals surface area contributed by atoms with Gasteiger partial charge in [-0.1, -0.05) is 32.0 Å². The van der Waals surface area contributed by atoms with E-state index in [0.717, 1.165) is 5.52 Å². The Morgan fingerprint density at radius 3 is 2.62 bits per heavy atom. The molecular formula is C11H14N2. The molecule has 1 heterocycles. The lowest BCUT2D eigenvalue weighted by molar-refractivity contribution is 0.677. The van der Waals surface area contributed by atoms with Gasteiger partial charge in [0.15, 0.2) is 0 Å². The topological polar surface area (TPSA) is 17.8 Å². The van der Waals surface area contributed by atoms with E-state index in [-0.39, 0.29) is 0 Å². The van der Waals surface area contributed by atoms with Gasteiger partial charge in [0.05, 0.1) is 5.52 Å². The second-order valence-corrected chi connectivity index (χ2v) is 3.68. The smallest absolute Gasteiger partial charge is 0.0926 e. The lowest BCUT2D eigenvalue weighted by Gasteiger charge is -2.05. The first-order valence-electron chi connectivity index (χ1n) is 4.62. The molecule has 0 aliphatic rings. The van der Waals surface area contributed by atoms with Crippen LogP contribution in [0.25, 0.3) is 10.9 Å². The molecule has 0 aliphatic heterocycles. The molecule has 0 atom stereocenters. The molecule has 0 bridgehead atoms. The Morgan fingerprint density at radius 2 is 1.92 bits per heavy atom. The maximum absolute atomic E-state index is 4.45. The van der Waals surface area contributed by atoms with Gasteiger partial charge in [-0.25, -0.2) is 0 Å². The monoisotopic (exact) mass is 174 g/mol. The summed E-state index contributed by atoms with van der Waals surface area (Å²) < 4.78 is 1.98. The summed E-state index contributed by atoms with van der Waals surface area (Å²) in [5.41, 5.74) is 2.41. The van der Waals surface area contributed by atoms with Crippen molar-refractivity contribution in [2.45, 2.75) is 19.8 Å². The van der Waals surface area contributed by atoms with Crippen molar-refractivity contribution < 1.29 is 0 Å². The quantitative estimate of drug-likeness (QED) is 0.650. The predicted molar refractivity (Wildman–Crippen MR) is 54.8 cm³/mol. The van der Waals surface area contributed by atoms with Crippen LogP contribution < -0.4 is 0 Å². The molecule has 0 aliphatic carbocycles. The molecule has 2 rings (SSSR count). The van der Waals surface area contributed by atoms with Gasteiger partial charge in [0, 0.05) is 18.1 Å². The highest BCUT2D eigenvalue weighted by molar-refractivity contribution is 5.81. The third-order valence-corrected chi connectivity index (χ3v) is 2.33. The minimum Gasteiger partial charge on any atom is -0.271 e. The largest absolute Gasteiger partial charge is 0.271 e. The molecule has 0 spiro atoms. The zero-order valence-electron chi connectivity index (χ0n) is 8.28. The van der Waals surface area contributed by atoms with Crippen molar-refractivity contribution in [3.8, 4) is 0 Å². The van der Waals surface area contributed by atoms with Crippen molar-refractivity contribution in [2.75, 3.05) is 0 Å². The minimum atomic E-state index is 0.525. The van der Waals surface area contributed by atoms with Gasteiger partial charge < -0.3 is 0 Å². The van der Waals surface area contributed by atoms with Crippen LogP contribution >= 0.6 is 0 Å². The lowest BCUT2D eigenvalue weighted by Crippen LogP contribution is -1.99. The molecule has 1 aromatic carbocycles. The van der Waals surface area contributed by atoms with Crippen LogP contribution in [0.3, 0.4) is 0 Å². The van der Waals surface area contributed by atoms with Crippen molar-refractivity contribution in [3.05, 3.63) is 30.0 Å². The summed E-state index contributed by atoms with van der Waals surface area (Å²) in [5.74, 6) is 0.525. The summed E-state index contributed by atoms with van der Waals surface area (Å²) in [5, 5.41) is 5.73. The maximum Gasteiger partial charge on any atom is 0.0926 e. The number of nitrogens with zero attached hydrogens (tertiary/aromatic N) is 2. The number of benzene rings is 1. The van der Waals surface area contributed by atoms with Gasteiger partial charge in [-0.2, -0.15) is 5.10 Å². The molecule has 2 heteroatoms. The second kappa shape index (κ2) is 2.87. The Labute approximate surface area is 78.2 Å². The molecular weight excluding hydrogens is 160 g/mol. The summed E-state index contributed by atoms with van der Waals surface area (Å²) in [6.45, 7) is 4.40. The van der Waals surface area contributed by atoms with E-state index in [0.29, 0.717) is 5.92 Å². The predicted octanol–water partition coefficient (Wildman–Crippen LogP) is 2.70. The van der Waals surface area contributed by atoms with Crippen molar-refractivity contribution >= 4 is 10.9 Å². The Morgan fingerprint density at radius 1 is 1.23 bits per heavy atom. The molecule has 1 aromatic heterocycles. The summed E-state index contributed by atoms with van der Waals surface area (Å²) >= 11 is 0. The van der Waals surface area contributed by atoms with Gasteiger partial charge in [-0.3, -0.25) is 4.68 Å². The van der Waals surface area contributed by atoms with E-state index in [1.165, 1.54) is 11.1 Å². The molecule has 2 aromatic rings. The van der Waals surface area contributed by atoms with Crippen LogP contribution in [-0.4, -0.2) is 9.78 Å². The van der Waals surface area contributed by atoms with Crippen LogP contribution in [0.2, 0.25) is 0 Å². The average Bonchev–Trinajstić information content (AvgIpc) is 2.39. The lowest BCUT2D eigenvalue weighted by atomic mass is 10.1. The van der Waals surface area contributed by atoms with Crippen molar-refractivity contribution in [2.24, 2.45) is 7.05 Å². The van der Waals surface area contributed by atoms with Crippen LogP contribution in [0, 0.1) is 0 Å². The zero-order chi connectivity index (χ0) is 9.42. The standard InChI is InChI=1S/C11H14N2/c1-8(2)11-9-6-4-5-7-10(9)12-13(11)3/h4-8H,1-3H3. The van der Waals surface area contributed by atoms with Crippen molar-refractivity contribution in [1.82, 2.24) is 9.78 Å². The number of hydrogen-bond acceptors (Lipinski definition) is 1. The Hall–Kier alpha value is -1.31. The molecule has 2 nitrogen and oxygen atoms in total. The zero-order valence-corrected chi connectivity index (χ0v) is 8.28. The maximum atomic E-state index is 4.45.